The number of alkyl halides is 1. The summed E-state index contributed by atoms with van der Waals surface area (Å²) in [6.45, 7) is 4.21. The van der Waals surface area contributed by atoms with E-state index in [0.717, 1.165) is 32.2 Å². The van der Waals surface area contributed by atoms with Crippen molar-refractivity contribution in [3.05, 3.63) is 52.1 Å². The van der Waals surface area contributed by atoms with Crippen molar-refractivity contribution in [2.45, 2.75) is 62.4 Å². The second-order valence-electron chi connectivity index (χ2n) is 14.5. The van der Waals surface area contributed by atoms with Gasteiger partial charge in [0, 0.05) is 61.6 Å². The van der Waals surface area contributed by atoms with Crippen LogP contribution < -0.4 is 20.5 Å². The van der Waals surface area contributed by atoms with Gasteiger partial charge < -0.3 is 29.4 Å². The summed E-state index contributed by atoms with van der Waals surface area (Å²) in [7, 11) is 0. The molecule has 2 aromatic carbocycles. The number of nitrogens with one attached hydrogen (secondary N) is 1. The number of anilines is 1. The Morgan fingerprint density at radius 3 is 2.69 bits per heavy atom. The van der Waals surface area contributed by atoms with E-state index in [0.29, 0.717) is 84.6 Å². The minimum absolute atomic E-state index is 0.0463. The third-order valence-electron chi connectivity index (χ3n) is 11.3. The molecule has 5 aliphatic heterocycles. The second kappa shape index (κ2) is 11.6. The van der Waals surface area contributed by atoms with E-state index in [-0.39, 0.29) is 47.5 Å². The van der Waals surface area contributed by atoms with Crippen LogP contribution in [0.15, 0.2) is 35.1 Å². The highest BCUT2D eigenvalue weighted by Crippen LogP contribution is 2.41. The van der Waals surface area contributed by atoms with Gasteiger partial charge in [-0.2, -0.15) is 9.97 Å². The molecule has 0 aliphatic carbocycles. The fourth-order valence-electron chi connectivity index (χ4n) is 8.94. The smallest absolute Gasteiger partial charge is 0.319 e. The number of aromatic hydroxyl groups is 1. The van der Waals surface area contributed by atoms with Crippen molar-refractivity contribution in [3.8, 4) is 35.4 Å². The van der Waals surface area contributed by atoms with Gasteiger partial charge in [-0.3, -0.25) is 9.69 Å². The summed E-state index contributed by atoms with van der Waals surface area (Å²) in [5.41, 5.74) is 0.591. The van der Waals surface area contributed by atoms with Crippen LogP contribution >= 0.6 is 0 Å². The number of hydrogen-bond acceptors (Lipinski definition) is 9. The van der Waals surface area contributed by atoms with Gasteiger partial charge in [-0.25, -0.2) is 8.78 Å². The van der Waals surface area contributed by atoms with Gasteiger partial charge in [0.1, 0.15) is 35.5 Å². The van der Waals surface area contributed by atoms with Crippen LogP contribution in [0.5, 0.6) is 11.8 Å². The van der Waals surface area contributed by atoms with Crippen molar-refractivity contribution in [3.63, 3.8) is 0 Å². The molecule has 7 heterocycles. The number of fused-ring (bicyclic) bond motifs is 5. The Labute approximate surface area is 282 Å². The number of phenols is 1. The van der Waals surface area contributed by atoms with Crippen LogP contribution in [0.3, 0.4) is 0 Å². The van der Waals surface area contributed by atoms with Gasteiger partial charge in [-0.05, 0) is 61.9 Å². The number of hydrogen-bond donors (Lipinski definition) is 2. The highest BCUT2D eigenvalue weighted by atomic mass is 19.1. The van der Waals surface area contributed by atoms with E-state index in [1.165, 1.54) is 18.2 Å². The van der Waals surface area contributed by atoms with Gasteiger partial charge in [0.15, 0.2) is 0 Å². The predicted octanol–water partition coefficient (Wildman–Crippen LogP) is 3.98. The number of nitrogens with zero attached hydrogens (tertiary/aromatic N) is 5. The monoisotopic (exact) mass is 668 g/mol. The van der Waals surface area contributed by atoms with Crippen molar-refractivity contribution in [1.82, 2.24) is 24.8 Å². The minimum Gasteiger partial charge on any atom is -0.508 e. The predicted molar refractivity (Wildman–Crippen MR) is 181 cm³/mol. The van der Waals surface area contributed by atoms with E-state index in [9.17, 15) is 14.3 Å². The number of phenolic OH excluding ortho intramolecular Hbond substituents is 1. The third-order valence-corrected chi connectivity index (χ3v) is 11.3. The molecule has 0 radical (unpaired) electrons. The summed E-state index contributed by atoms with van der Waals surface area (Å²) >= 11 is 0. The van der Waals surface area contributed by atoms with Crippen LogP contribution in [0, 0.1) is 24.1 Å². The Bertz CT molecular complexity index is 2080. The number of pyridine rings is 1. The number of rotatable bonds is 7. The van der Waals surface area contributed by atoms with Crippen molar-refractivity contribution in [2.24, 2.45) is 5.92 Å². The summed E-state index contributed by atoms with van der Waals surface area (Å²) < 4.78 is 43.3. The molecule has 5 aliphatic rings. The molecular weight excluding hydrogens is 630 g/mol. The normalized spacial score (nSPS) is 26.7. The van der Waals surface area contributed by atoms with E-state index < -0.39 is 17.5 Å². The highest BCUT2D eigenvalue weighted by molar-refractivity contribution is 6.03. The molecule has 9 rings (SSSR count). The van der Waals surface area contributed by atoms with E-state index in [1.54, 1.807) is 16.7 Å². The SMILES string of the molecule is C#Cc1c(F)ccc2cc(O)cc(-c3cc4nc(OCC56CCCN5C[C@H](F)C6)nc(N5CC6CCC(C5)N6)c4c(=O)n3CC3COC3)c12. The van der Waals surface area contributed by atoms with Gasteiger partial charge >= 0.3 is 6.01 Å². The van der Waals surface area contributed by atoms with Crippen LogP contribution in [0.1, 0.15) is 37.7 Å². The van der Waals surface area contributed by atoms with Gasteiger partial charge in [0.25, 0.3) is 5.56 Å². The lowest BCUT2D eigenvalue weighted by Crippen LogP contribution is -2.51. The first-order valence-electron chi connectivity index (χ1n) is 17.3. The molecule has 12 heteroatoms. The van der Waals surface area contributed by atoms with Crippen molar-refractivity contribution in [1.29, 1.82) is 0 Å². The van der Waals surface area contributed by atoms with Crippen LogP contribution in [-0.4, -0.2) is 94.3 Å². The summed E-state index contributed by atoms with van der Waals surface area (Å²) in [4.78, 5) is 29.0. The maximum Gasteiger partial charge on any atom is 0.319 e. The van der Waals surface area contributed by atoms with Crippen LogP contribution in [-0.2, 0) is 11.3 Å². The number of terminal acetylenes is 1. The molecule has 3 unspecified atom stereocenters. The quantitative estimate of drug-likeness (QED) is 0.283. The molecule has 0 saturated carbocycles. The summed E-state index contributed by atoms with van der Waals surface area (Å²) in [5, 5.41) is 15.8. The molecule has 10 nitrogen and oxygen atoms in total. The van der Waals surface area contributed by atoms with Crippen LogP contribution in [0.4, 0.5) is 14.6 Å². The zero-order valence-electron chi connectivity index (χ0n) is 27.1. The molecule has 5 fully saturated rings. The van der Waals surface area contributed by atoms with Gasteiger partial charge in [0.2, 0.25) is 0 Å². The summed E-state index contributed by atoms with van der Waals surface area (Å²) in [5.74, 6) is 2.47. The Hall–Kier alpha value is -4.31. The molecule has 0 amide bonds. The van der Waals surface area contributed by atoms with E-state index in [1.807, 2.05) is 0 Å². The maximum absolute atomic E-state index is 15.2. The zero-order chi connectivity index (χ0) is 33.4. The number of halogens is 2. The number of ether oxygens (including phenoxy) is 2. The van der Waals surface area contributed by atoms with Crippen molar-refractivity contribution >= 4 is 27.5 Å². The standard InChI is InChI=1S/C37H38F2N6O4/c1-2-27-29(39)7-4-22-10-26(46)11-28(32(22)27)31-12-30-33(35(47)45(31)14-21-18-48-19-21)34(43-16-24-5-6-25(17-43)40-24)42-36(41-30)49-20-37-8-3-9-44(37)15-23(38)13-37/h1,4,7,10-12,21,23-25,40,46H,3,5-6,8-9,13-20H2/t23-,24?,25?,37?/m1/s1. The molecular formula is C37H38F2N6O4. The topological polar surface area (TPSA) is 105 Å². The summed E-state index contributed by atoms with van der Waals surface area (Å²) in [6.07, 6.45) is 9.27. The molecule has 4 atom stereocenters. The lowest BCUT2D eigenvalue weighted by Gasteiger charge is -2.35. The molecule has 49 heavy (non-hydrogen) atoms. The zero-order valence-corrected chi connectivity index (χ0v) is 27.1. The van der Waals surface area contributed by atoms with Gasteiger partial charge in [-0.15, -0.1) is 6.42 Å². The average Bonchev–Trinajstić information content (AvgIpc) is 3.71. The molecule has 0 spiro atoms. The number of piperazine rings is 1. The molecule has 4 aromatic rings. The molecule has 2 bridgehead atoms. The highest BCUT2D eigenvalue weighted by Gasteiger charge is 2.49. The first kappa shape index (κ1) is 30.7. The van der Waals surface area contributed by atoms with E-state index in [2.05, 4.69) is 21.0 Å². The second-order valence-corrected chi connectivity index (χ2v) is 14.5. The largest absolute Gasteiger partial charge is 0.508 e. The fraction of sp³-hybridized carbons (Fsp3) is 0.486. The Morgan fingerprint density at radius 2 is 1.94 bits per heavy atom. The lowest BCUT2D eigenvalue weighted by molar-refractivity contribution is -0.0395. The average molecular weight is 669 g/mol. The number of aromatic nitrogens is 3. The van der Waals surface area contributed by atoms with Gasteiger partial charge in [0.05, 0.1) is 35.5 Å². The molecule has 2 N–H and O–H groups in total. The number of benzene rings is 2. The van der Waals surface area contributed by atoms with Gasteiger partial charge in [-0.1, -0.05) is 12.0 Å². The first-order chi connectivity index (χ1) is 23.8. The van der Waals surface area contributed by atoms with E-state index in [4.69, 9.17) is 25.9 Å². The Morgan fingerprint density at radius 1 is 1.12 bits per heavy atom. The van der Waals surface area contributed by atoms with Crippen LogP contribution in [0.25, 0.3) is 32.9 Å². The Kier molecular flexibility index (Phi) is 7.30. The molecule has 2 aromatic heterocycles. The molecule has 5 saturated heterocycles. The van der Waals surface area contributed by atoms with Crippen molar-refractivity contribution < 1.29 is 23.4 Å². The Balaban J connectivity index is 1.25. The van der Waals surface area contributed by atoms with E-state index >= 15 is 4.39 Å². The fourth-order valence-corrected chi connectivity index (χ4v) is 8.94. The molecule has 254 valence electrons. The minimum atomic E-state index is -0.898. The first-order valence-corrected chi connectivity index (χ1v) is 17.3. The summed E-state index contributed by atoms with van der Waals surface area (Å²) in [6, 6.07) is 8.40. The maximum atomic E-state index is 15.2. The van der Waals surface area contributed by atoms with Crippen molar-refractivity contribution in [2.75, 3.05) is 50.9 Å². The lowest BCUT2D eigenvalue weighted by atomic mass is 9.95. The third kappa shape index (κ3) is 5.13. The van der Waals surface area contributed by atoms with Crippen LogP contribution in [0.2, 0.25) is 0 Å².